The molecule has 138 valence electrons. The maximum absolute atomic E-state index is 13.3. The van der Waals surface area contributed by atoms with E-state index in [4.69, 9.17) is 10.00 Å². The lowest BCUT2D eigenvalue weighted by molar-refractivity contribution is -0.124. The molecular weight excluding hydrogens is 372 g/mol. The molecule has 0 spiro atoms. The van der Waals surface area contributed by atoms with Crippen molar-refractivity contribution in [2.24, 2.45) is 5.92 Å². The van der Waals surface area contributed by atoms with E-state index < -0.39 is 23.6 Å². The van der Waals surface area contributed by atoms with Gasteiger partial charge in [0.1, 0.15) is 11.8 Å². The van der Waals surface area contributed by atoms with Crippen LogP contribution in [0.4, 0.5) is 13.9 Å². The number of fused-ring (bicyclic) bond motifs is 1. The van der Waals surface area contributed by atoms with Crippen LogP contribution in [0.3, 0.4) is 0 Å². The van der Waals surface area contributed by atoms with Gasteiger partial charge < -0.3 is 4.74 Å². The Balaban J connectivity index is 1.82. The van der Waals surface area contributed by atoms with Gasteiger partial charge in [-0.2, -0.15) is 5.26 Å². The number of hydrogen-bond donors (Lipinski definition) is 1. The van der Waals surface area contributed by atoms with Crippen LogP contribution in [0.1, 0.15) is 19.4 Å². The number of carbonyl (C=O) groups is 1. The van der Waals surface area contributed by atoms with Gasteiger partial charge in [0, 0.05) is 6.07 Å². The number of carbonyl (C=O) groups excluding carboxylic acids is 1. The Morgan fingerprint density at radius 3 is 2.67 bits per heavy atom. The number of nitriles is 1. The van der Waals surface area contributed by atoms with Crippen molar-refractivity contribution in [3.8, 4) is 11.8 Å². The highest BCUT2D eigenvalue weighted by Gasteiger charge is 2.26. The van der Waals surface area contributed by atoms with E-state index in [0.29, 0.717) is 16.0 Å². The second kappa shape index (κ2) is 7.68. The van der Waals surface area contributed by atoms with Crippen molar-refractivity contribution >= 4 is 32.6 Å². The fraction of sp³-hybridized carbons (Fsp3) is 0.211. The molecule has 1 heterocycles. The van der Waals surface area contributed by atoms with Gasteiger partial charge in [-0.1, -0.05) is 37.3 Å². The Morgan fingerprint density at radius 2 is 1.96 bits per heavy atom. The molecule has 5 nitrogen and oxygen atoms in total. The third kappa shape index (κ3) is 4.04. The van der Waals surface area contributed by atoms with Crippen LogP contribution in [0.5, 0.6) is 5.75 Å². The van der Waals surface area contributed by atoms with Crippen molar-refractivity contribution in [1.82, 2.24) is 4.98 Å². The van der Waals surface area contributed by atoms with Crippen LogP contribution >= 0.6 is 11.3 Å². The number of ether oxygens (including phenoxy) is 1. The first-order valence-corrected chi connectivity index (χ1v) is 8.93. The second-order valence-corrected chi connectivity index (χ2v) is 7.16. The number of para-hydroxylation sites is 1. The number of anilines is 1. The van der Waals surface area contributed by atoms with Crippen LogP contribution in [0.25, 0.3) is 10.2 Å². The van der Waals surface area contributed by atoms with E-state index in [1.165, 1.54) is 0 Å². The summed E-state index contributed by atoms with van der Waals surface area (Å²) in [6, 6.07) is 10.7. The number of nitrogens with one attached hydrogen (secondary N) is 1. The standard InChI is InChI=1S/C19H15F2N3O2S/c1-10(2)17(26-15-6-4-3-5-11(15)9-22)18(25)24-19-23-14-7-12(20)13(21)8-16(14)27-19/h3-8,10,17H,1-2H3,(H,23,24,25). The zero-order chi connectivity index (χ0) is 19.6. The van der Waals surface area contributed by atoms with E-state index in [-0.39, 0.29) is 16.6 Å². The van der Waals surface area contributed by atoms with Gasteiger partial charge in [0.25, 0.3) is 5.91 Å². The van der Waals surface area contributed by atoms with Crippen LogP contribution in [0, 0.1) is 28.9 Å². The van der Waals surface area contributed by atoms with Gasteiger partial charge in [0.15, 0.2) is 22.9 Å². The van der Waals surface area contributed by atoms with Crippen LogP contribution < -0.4 is 10.1 Å². The monoisotopic (exact) mass is 387 g/mol. The second-order valence-electron chi connectivity index (χ2n) is 6.13. The smallest absolute Gasteiger partial charge is 0.267 e. The van der Waals surface area contributed by atoms with Crippen LogP contribution in [-0.2, 0) is 4.79 Å². The summed E-state index contributed by atoms with van der Waals surface area (Å²) >= 11 is 1.03. The van der Waals surface area contributed by atoms with Crippen molar-refractivity contribution in [3.63, 3.8) is 0 Å². The Labute approximate surface area is 158 Å². The van der Waals surface area contributed by atoms with Gasteiger partial charge in [-0.15, -0.1) is 0 Å². The van der Waals surface area contributed by atoms with E-state index in [1.807, 2.05) is 19.9 Å². The Hall–Kier alpha value is -3.05. The van der Waals surface area contributed by atoms with E-state index in [9.17, 15) is 13.6 Å². The number of halogens is 2. The molecule has 0 saturated carbocycles. The SMILES string of the molecule is CC(C)C(Oc1ccccc1C#N)C(=O)Nc1nc2cc(F)c(F)cc2s1. The molecule has 2 aromatic carbocycles. The highest BCUT2D eigenvalue weighted by atomic mass is 32.1. The van der Waals surface area contributed by atoms with Gasteiger partial charge >= 0.3 is 0 Å². The van der Waals surface area contributed by atoms with E-state index in [2.05, 4.69) is 10.3 Å². The first-order valence-electron chi connectivity index (χ1n) is 8.11. The summed E-state index contributed by atoms with van der Waals surface area (Å²) in [5, 5.41) is 12.0. The Kier molecular flexibility index (Phi) is 5.33. The third-order valence-electron chi connectivity index (χ3n) is 3.79. The van der Waals surface area contributed by atoms with Gasteiger partial charge in [-0.05, 0) is 24.1 Å². The molecule has 0 saturated heterocycles. The van der Waals surface area contributed by atoms with Crippen LogP contribution in [0.15, 0.2) is 36.4 Å². The zero-order valence-corrected chi connectivity index (χ0v) is 15.3. The lowest BCUT2D eigenvalue weighted by atomic mass is 10.1. The Bertz CT molecular complexity index is 1000. The largest absolute Gasteiger partial charge is 0.479 e. The number of amides is 1. The van der Waals surface area contributed by atoms with E-state index >= 15 is 0 Å². The minimum atomic E-state index is -0.998. The summed E-state index contributed by atoms with van der Waals surface area (Å²) in [5.41, 5.74) is 0.577. The summed E-state index contributed by atoms with van der Waals surface area (Å²) < 4.78 is 32.8. The lowest BCUT2D eigenvalue weighted by Gasteiger charge is -2.21. The summed E-state index contributed by atoms with van der Waals surface area (Å²) in [4.78, 5) is 16.8. The molecule has 0 aliphatic heterocycles. The fourth-order valence-electron chi connectivity index (χ4n) is 2.44. The molecule has 1 aromatic heterocycles. The minimum absolute atomic E-state index is 0.194. The van der Waals surface area contributed by atoms with Crippen molar-refractivity contribution in [1.29, 1.82) is 5.26 Å². The topological polar surface area (TPSA) is 75.0 Å². The van der Waals surface area contributed by atoms with Gasteiger partial charge in [0.05, 0.1) is 15.8 Å². The number of rotatable bonds is 5. The molecule has 0 radical (unpaired) electrons. The van der Waals surface area contributed by atoms with E-state index in [0.717, 1.165) is 23.5 Å². The van der Waals surface area contributed by atoms with E-state index in [1.54, 1.807) is 24.3 Å². The summed E-state index contributed by atoms with van der Waals surface area (Å²) in [6.45, 7) is 3.62. The fourth-order valence-corrected chi connectivity index (χ4v) is 3.32. The van der Waals surface area contributed by atoms with Gasteiger partial charge in [-0.3, -0.25) is 10.1 Å². The molecule has 3 rings (SSSR count). The van der Waals surface area contributed by atoms with Crippen molar-refractivity contribution in [3.05, 3.63) is 53.6 Å². The van der Waals surface area contributed by atoms with Crippen LogP contribution in [-0.4, -0.2) is 17.0 Å². The van der Waals surface area contributed by atoms with Gasteiger partial charge in [0.2, 0.25) is 0 Å². The average Bonchev–Trinajstić information content (AvgIpc) is 3.00. The van der Waals surface area contributed by atoms with Crippen molar-refractivity contribution in [2.75, 3.05) is 5.32 Å². The van der Waals surface area contributed by atoms with Crippen LogP contribution in [0.2, 0.25) is 0 Å². The Morgan fingerprint density at radius 1 is 1.26 bits per heavy atom. The molecule has 1 N–H and O–H groups in total. The van der Waals surface area contributed by atoms with Crippen molar-refractivity contribution < 1.29 is 18.3 Å². The third-order valence-corrected chi connectivity index (χ3v) is 4.72. The highest BCUT2D eigenvalue weighted by Crippen LogP contribution is 2.28. The molecule has 0 aliphatic carbocycles. The molecule has 8 heteroatoms. The maximum atomic E-state index is 13.3. The molecule has 3 aromatic rings. The lowest BCUT2D eigenvalue weighted by Crippen LogP contribution is -2.37. The number of hydrogen-bond acceptors (Lipinski definition) is 5. The molecule has 1 atom stereocenters. The predicted molar refractivity (Wildman–Crippen MR) is 98.6 cm³/mol. The number of aromatic nitrogens is 1. The molecule has 1 amide bonds. The van der Waals surface area contributed by atoms with Crippen molar-refractivity contribution in [2.45, 2.75) is 20.0 Å². The zero-order valence-electron chi connectivity index (χ0n) is 14.5. The average molecular weight is 387 g/mol. The van der Waals surface area contributed by atoms with Gasteiger partial charge in [-0.25, -0.2) is 13.8 Å². The first-order chi connectivity index (χ1) is 12.9. The quantitative estimate of drug-likeness (QED) is 0.700. The molecule has 27 heavy (non-hydrogen) atoms. The maximum Gasteiger partial charge on any atom is 0.267 e. The number of thiazole rings is 1. The predicted octanol–water partition coefficient (Wildman–Crippen LogP) is 4.49. The summed E-state index contributed by atoms with van der Waals surface area (Å²) in [5.74, 6) is -2.32. The molecular formula is C19H15F2N3O2S. The minimum Gasteiger partial charge on any atom is -0.479 e. The number of benzene rings is 2. The summed E-state index contributed by atoms with van der Waals surface area (Å²) in [7, 11) is 0. The number of nitrogens with zero attached hydrogens (tertiary/aromatic N) is 2. The first kappa shape index (κ1) is 18.7. The summed E-state index contributed by atoms with van der Waals surface area (Å²) in [6.07, 6.45) is -0.875. The molecule has 0 bridgehead atoms. The molecule has 1 unspecified atom stereocenters. The highest BCUT2D eigenvalue weighted by molar-refractivity contribution is 7.22. The normalized spacial score (nSPS) is 12.0. The molecule has 0 fully saturated rings. The molecule has 0 aliphatic rings.